The molecule has 0 bridgehead atoms. The smallest absolute Gasteiger partial charge is 0.269 e. The van der Waals surface area contributed by atoms with Gasteiger partial charge in [0.15, 0.2) is 0 Å². The molecule has 9 nitrogen and oxygen atoms in total. The molecular formula is C16H19N5O4. The van der Waals surface area contributed by atoms with Crippen LogP contribution in [-0.2, 0) is 0 Å². The molecule has 0 saturated heterocycles. The van der Waals surface area contributed by atoms with E-state index in [2.05, 4.69) is 10.6 Å². The molecule has 0 heterocycles. The van der Waals surface area contributed by atoms with Crippen molar-refractivity contribution in [3.63, 3.8) is 0 Å². The molecule has 0 aromatic heterocycles. The Morgan fingerprint density at radius 2 is 1.16 bits per heavy atom. The summed E-state index contributed by atoms with van der Waals surface area (Å²) in [7, 11) is 0. The average molecular weight is 345 g/mol. The Bertz CT molecular complexity index is 681. The van der Waals surface area contributed by atoms with Crippen LogP contribution in [0, 0.1) is 20.2 Å². The minimum absolute atomic E-state index is 0.0286. The maximum Gasteiger partial charge on any atom is 0.269 e. The van der Waals surface area contributed by atoms with Crippen molar-refractivity contribution in [2.24, 2.45) is 5.73 Å². The number of nitrogens with one attached hydrogen (secondary N) is 2. The number of hydrogen-bond acceptors (Lipinski definition) is 7. The van der Waals surface area contributed by atoms with E-state index >= 15 is 0 Å². The molecule has 132 valence electrons. The summed E-state index contributed by atoms with van der Waals surface area (Å²) in [6.07, 6.45) is 0. The van der Waals surface area contributed by atoms with E-state index in [1.165, 1.54) is 24.3 Å². The summed E-state index contributed by atoms with van der Waals surface area (Å²) in [4.78, 5) is 20.3. The lowest BCUT2D eigenvalue weighted by Crippen LogP contribution is -2.49. The van der Waals surface area contributed by atoms with Gasteiger partial charge in [0, 0.05) is 54.3 Å². The molecule has 0 radical (unpaired) electrons. The second kappa shape index (κ2) is 7.58. The summed E-state index contributed by atoms with van der Waals surface area (Å²) in [6.45, 7) is 2.72. The van der Waals surface area contributed by atoms with Crippen molar-refractivity contribution < 1.29 is 9.85 Å². The summed E-state index contributed by atoms with van der Waals surface area (Å²) >= 11 is 0. The van der Waals surface area contributed by atoms with Crippen LogP contribution in [0.25, 0.3) is 0 Å². The van der Waals surface area contributed by atoms with Crippen LogP contribution in [0.3, 0.4) is 0 Å². The Balaban J connectivity index is 1.86. The molecule has 0 spiro atoms. The van der Waals surface area contributed by atoms with Crippen LogP contribution in [0.15, 0.2) is 48.5 Å². The molecular weight excluding hydrogens is 326 g/mol. The van der Waals surface area contributed by atoms with Crippen LogP contribution in [-0.4, -0.2) is 28.5 Å². The molecule has 0 aliphatic carbocycles. The average Bonchev–Trinajstić information content (AvgIpc) is 2.59. The highest BCUT2D eigenvalue weighted by molar-refractivity contribution is 5.50. The minimum atomic E-state index is -0.608. The quantitative estimate of drug-likeness (QED) is 0.494. The summed E-state index contributed by atoms with van der Waals surface area (Å²) in [6, 6.07) is 12.2. The second-order valence-electron chi connectivity index (χ2n) is 5.97. The molecule has 2 rings (SSSR count). The number of nitrogens with zero attached hydrogens (tertiary/aromatic N) is 2. The van der Waals surface area contributed by atoms with Crippen molar-refractivity contribution in [3.8, 4) is 0 Å². The van der Waals surface area contributed by atoms with Crippen LogP contribution in [0.5, 0.6) is 0 Å². The highest BCUT2D eigenvalue weighted by Crippen LogP contribution is 2.17. The van der Waals surface area contributed by atoms with E-state index in [1.807, 2.05) is 6.92 Å². The van der Waals surface area contributed by atoms with Crippen LogP contribution >= 0.6 is 0 Å². The van der Waals surface area contributed by atoms with E-state index < -0.39 is 15.4 Å². The number of nitro benzene ring substituents is 2. The number of hydrogen-bond donors (Lipinski definition) is 3. The van der Waals surface area contributed by atoms with E-state index in [0.717, 1.165) is 11.4 Å². The monoisotopic (exact) mass is 345 g/mol. The molecule has 9 heteroatoms. The lowest BCUT2D eigenvalue weighted by molar-refractivity contribution is -0.385. The van der Waals surface area contributed by atoms with Gasteiger partial charge in [0.1, 0.15) is 0 Å². The lowest BCUT2D eigenvalue weighted by atomic mass is 10.0. The molecule has 0 unspecified atom stereocenters. The third kappa shape index (κ3) is 5.43. The van der Waals surface area contributed by atoms with Gasteiger partial charge in [-0.2, -0.15) is 0 Å². The molecule has 0 fully saturated rings. The Labute approximate surface area is 144 Å². The molecule has 2 aromatic rings. The number of nitrogens with two attached hydrogens (primary N) is 1. The second-order valence-corrected chi connectivity index (χ2v) is 5.97. The highest BCUT2D eigenvalue weighted by atomic mass is 16.6. The van der Waals surface area contributed by atoms with Crippen molar-refractivity contribution in [2.45, 2.75) is 12.5 Å². The van der Waals surface area contributed by atoms with Gasteiger partial charge >= 0.3 is 0 Å². The van der Waals surface area contributed by atoms with Gasteiger partial charge in [-0.3, -0.25) is 20.2 Å². The van der Waals surface area contributed by atoms with Crippen LogP contribution in [0.2, 0.25) is 0 Å². The van der Waals surface area contributed by atoms with E-state index in [-0.39, 0.29) is 11.4 Å². The Hall–Kier alpha value is -3.20. The van der Waals surface area contributed by atoms with E-state index in [0.29, 0.717) is 13.1 Å². The zero-order chi connectivity index (χ0) is 18.4. The predicted octanol–water partition coefficient (Wildman–Crippen LogP) is 2.74. The lowest BCUT2D eigenvalue weighted by Gasteiger charge is -2.26. The molecule has 0 saturated carbocycles. The molecule has 0 aliphatic rings. The van der Waals surface area contributed by atoms with Gasteiger partial charge in [0.2, 0.25) is 0 Å². The molecule has 2 aromatic carbocycles. The summed E-state index contributed by atoms with van der Waals surface area (Å²) < 4.78 is 0. The van der Waals surface area contributed by atoms with Gasteiger partial charge in [-0.05, 0) is 31.2 Å². The first-order valence-corrected chi connectivity index (χ1v) is 7.52. The van der Waals surface area contributed by atoms with Crippen LogP contribution in [0.4, 0.5) is 22.7 Å². The number of rotatable bonds is 8. The third-order valence-corrected chi connectivity index (χ3v) is 3.55. The van der Waals surface area contributed by atoms with Gasteiger partial charge in [-0.1, -0.05) is 0 Å². The largest absolute Gasteiger partial charge is 0.383 e. The normalized spacial score (nSPS) is 11.0. The zero-order valence-electron chi connectivity index (χ0n) is 13.6. The van der Waals surface area contributed by atoms with E-state index in [1.54, 1.807) is 24.3 Å². The van der Waals surface area contributed by atoms with Gasteiger partial charge < -0.3 is 16.4 Å². The summed E-state index contributed by atoms with van der Waals surface area (Å²) in [5, 5.41) is 27.5. The van der Waals surface area contributed by atoms with Gasteiger partial charge in [0.05, 0.1) is 9.85 Å². The van der Waals surface area contributed by atoms with Gasteiger partial charge in [0.25, 0.3) is 11.4 Å². The van der Waals surface area contributed by atoms with Crippen molar-refractivity contribution in [2.75, 3.05) is 23.7 Å². The highest BCUT2D eigenvalue weighted by Gasteiger charge is 2.18. The fourth-order valence-corrected chi connectivity index (χ4v) is 2.07. The van der Waals surface area contributed by atoms with Gasteiger partial charge in [-0.15, -0.1) is 0 Å². The predicted molar refractivity (Wildman–Crippen MR) is 95.8 cm³/mol. The zero-order valence-corrected chi connectivity index (χ0v) is 13.6. The molecule has 25 heavy (non-hydrogen) atoms. The number of anilines is 2. The Morgan fingerprint density at radius 3 is 1.44 bits per heavy atom. The number of non-ortho nitro benzene ring substituents is 2. The molecule has 0 amide bonds. The summed E-state index contributed by atoms with van der Waals surface area (Å²) in [5.74, 6) is 0. The first-order valence-electron chi connectivity index (χ1n) is 7.52. The summed E-state index contributed by atoms with van der Waals surface area (Å²) in [5.41, 5.74) is 7.14. The van der Waals surface area contributed by atoms with Crippen LogP contribution in [0.1, 0.15) is 6.92 Å². The minimum Gasteiger partial charge on any atom is -0.383 e. The number of nitro groups is 2. The van der Waals surface area contributed by atoms with Crippen molar-refractivity contribution in [1.82, 2.24) is 0 Å². The first kappa shape index (κ1) is 18.1. The number of benzene rings is 2. The van der Waals surface area contributed by atoms with Crippen molar-refractivity contribution >= 4 is 22.7 Å². The third-order valence-electron chi connectivity index (χ3n) is 3.55. The molecule has 0 aliphatic heterocycles. The maximum absolute atomic E-state index is 10.6. The van der Waals surface area contributed by atoms with Gasteiger partial charge in [-0.25, -0.2) is 0 Å². The maximum atomic E-state index is 10.6. The molecule has 4 N–H and O–H groups in total. The molecule has 0 atom stereocenters. The topological polar surface area (TPSA) is 136 Å². The van der Waals surface area contributed by atoms with Crippen molar-refractivity contribution in [1.29, 1.82) is 0 Å². The van der Waals surface area contributed by atoms with Crippen LogP contribution < -0.4 is 16.4 Å². The van der Waals surface area contributed by atoms with E-state index in [9.17, 15) is 20.2 Å². The first-order chi connectivity index (χ1) is 11.8. The fourth-order valence-electron chi connectivity index (χ4n) is 2.07. The fraction of sp³-hybridized carbons (Fsp3) is 0.250. The standard InChI is InChI=1S/C16H19N5O4/c1-16(17,10-18-12-2-6-14(7-3-12)20(22)23)11-19-13-4-8-15(9-5-13)21(24)25/h2-9,18-19H,10-11,17H2,1H3. The van der Waals surface area contributed by atoms with Crippen molar-refractivity contribution in [3.05, 3.63) is 68.8 Å². The Morgan fingerprint density at radius 1 is 0.840 bits per heavy atom. The van der Waals surface area contributed by atoms with E-state index in [4.69, 9.17) is 5.73 Å². The SMILES string of the molecule is CC(N)(CNc1ccc([N+](=O)[O-])cc1)CNc1ccc([N+](=O)[O-])cc1. The Kier molecular flexibility index (Phi) is 5.50.